The molecular formula is C88H127F2N5O22Si. The number of carbonyl (C=O) groups excluding carboxylic acids is 6. The molecule has 27 nitrogen and oxygen atoms in total. The number of esters is 4. The Labute approximate surface area is 693 Å². The SMILES string of the molecule is C=C[C@@H]1O[C@@H]2C3=C(C)[C@@H](OC(=O)[C@H](O[Si](C(C)C)(C(C)C)C(C)C)[C@@H](NC(=O)OC(C)(C)C)c4ncccc4F)C[C@@](O)([C@@H](C)[C@H]4[C@@](C)(C=C[C@H]5OC[C@]54OC(C)=O)[C@@H]2O1)C3(C)C.CC(=O)O[C@@]12CO[C@@H]1C=C[C@@]1(C)[C@@H]3O[C@H](CN(C)C)O[C@@H]3C3=C(C)[C@@H](OC(=O)[C@H](O)[C@@H](NC(=O)OC(C)(C)C)c4ncccc4F)C[C@@](O)([C@@H](C)[C@@H]12)C3(C)C. The standard InChI is InChI=1S/C48H71FN2O11Si.C40H56FN3O11/c1-17-34-58-38-35-28(8)32(23-48(55,45(35,14)15)29(9)40-46(16,41(38)59-34)21-20-33-47(40,24-56-33)60-30(10)52)57-42(53)39(62-63(25(2)3,26(4)5)27(6)7)37(36-31(49)19-18-22-50-36)51-43(54)61-44(11,12)13;1-20-24(51-34(47)30(46)29(28-23(41)13-12-16-42-28)43-35(48)55-36(4,5)6)17-40(49)21(2)32-38(9,15-14-25-39(32,19-50-25)54-22(3)45)33-31(27(20)37(40,7)8)52-26(53-33)18-44(10)11/h17-22,25-27,29,32-34,37-41,55H,1,23-24H2,2-16H3,(H,51,54);12-16,21,24-26,29-33,46,49H,17-19H2,1-11H3,(H,43,48)/t29-,32-,33+,34+,37-,38+,39+,40-,41+,46+,47-,48+;21-,24-,25+,26+,29-,30+,31+,32-,33+,38+,39-,40+/m00/s1. The number of aromatic nitrogens is 2. The van der Waals surface area contributed by atoms with E-state index in [9.17, 15) is 39.3 Å². The highest BCUT2D eigenvalue weighted by atomic mass is 28.4. The molecule has 4 saturated heterocycles. The van der Waals surface area contributed by atoms with Crippen molar-refractivity contribution in [3.63, 3.8) is 0 Å². The Morgan fingerprint density at radius 3 is 1.43 bits per heavy atom. The van der Waals surface area contributed by atoms with E-state index in [4.69, 9.17) is 61.3 Å². The lowest BCUT2D eigenvalue weighted by atomic mass is 9.44. The average molecular weight is 1670 g/mol. The highest BCUT2D eigenvalue weighted by Gasteiger charge is 2.77. The highest BCUT2D eigenvalue weighted by molar-refractivity contribution is 6.77. The molecule has 2 aromatic rings. The van der Waals surface area contributed by atoms with Gasteiger partial charge in [-0.05, 0) is 151 Å². The highest BCUT2D eigenvalue weighted by Crippen LogP contribution is 2.69. The van der Waals surface area contributed by atoms with Gasteiger partial charge in [-0.3, -0.25) is 19.6 Å². The number of aliphatic hydroxyl groups is 3. The zero-order chi connectivity index (χ0) is 87.6. The molecule has 0 spiro atoms. The molecular weight excluding hydrogens is 1550 g/mol. The molecule has 12 rings (SSSR count). The number of hydrogen-bond donors (Lipinski definition) is 5. The van der Waals surface area contributed by atoms with Gasteiger partial charge in [0.1, 0.15) is 95.1 Å². The Morgan fingerprint density at radius 1 is 0.644 bits per heavy atom. The quantitative estimate of drug-likeness (QED) is 0.0356. The molecule has 0 aromatic carbocycles. The number of aliphatic hydroxyl groups excluding tert-OH is 1. The van der Waals surface area contributed by atoms with E-state index in [2.05, 4.69) is 68.7 Å². The smallest absolute Gasteiger partial charge is 0.408 e. The van der Waals surface area contributed by atoms with Crippen molar-refractivity contribution in [2.45, 2.75) is 315 Å². The van der Waals surface area contributed by atoms with Crippen molar-refractivity contribution in [3.8, 4) is 0 Å². The number of carbonyl (C=O) groups is 6. The third kappa shape index (κ3) is 15.8. The lowest BCUT2D eigenvalue weighted by Crippen LogP contribution is -2.76. The van der Waals surface area contributed by atoms with Gasteiger partial charge in [0, 0.05) is 79.1 Å². The van der Waals surface area contributed by atoms with Gasteiger partial charge < -0.3 is 92.1 Å². The summed E-state index contributed by atoms with van der Waals surface area (Å²) in [6.07, 6.45) is -1.37. The summed E-state index contributed by atoms with van der Waals surface area (Å²) in [5.41, 5.74) is -9.31. The van der Waals surface area contributed by atoms with E-state index in [0.717, 1.165) is 6.07 Å². The molecule has 2 amide bonds. The summed E-state index contributed by atoms with van der Waals surface area (Å²) in [5, 5.41) is 43.7. The van der Waals surface area contributed by atoms with Crippen molar-refractivity contribution in [2.24, 2.45) is 45.3 Å². The van der Waals surface area contributed by atoms with Crippen LogP contribution < -0.4 is 10.6 Å². The zero-order valence-electron chi connectivity index (χ0n) is 73.4. The second-order valence-corrected chi connectivity index (χ2v) is 44.3. The normalized spacial score (nSPS) is 35.8. The van der Waals surface area contributed by atoms with Crippen molar-refractivity contribution in [1.29, 1.82) is 0 Å². The maximum Gasteiger partial charge on any atom is 0.408 e. The molecule has 4 aliphatic heterocycles. The van der Waals surface area contributed by atoms with Crippen molar-refractivity contribution < 1.29 is 114 Å². The lowest BCUT2D eigenvalue weighted by Gasteiger charge is -2.66. The molecule has 5 N–H and O–H groups in total. The first kappa shape index (κ1) is 91.8. The third-order valence-electron chi connectivity index (χ3n) is 27.5. The number of hydrogen-bond acceptors (Lipinski definition) is 25. The third-order valence-corrected chi connectivity index (χ3v) is 33.5. The fourth-order valence-corrected chi connectivity index (χ4v) is 27.9. The zero-order valence-corrected chi connectivity index (χ0v) is 74.4. The first-order valence-electron chi connectivity index (χ1n) is 41.3. The molecule has 2 saturated carbocycles. The summed E-state index contributed by atoms with van der Waals surface area (Å²) in [7, 11) is 0.780. The summed E-state index contributed by atoms with van der Waals surface area (Å²) >= 11 is 0. The summed E-state index contributed by atoms with van der Waals surface area (Å²) in [6, 6.07) is 1.87. The number of pyridine rings is 2. The van der Waals surface area contributed by atoms with E-state index in [1.165, 1.54) is 44.4 Å². The Hall–Kier alpha value is -6.94. The summed E-state index contributed by atoms with van der Waals surface area (Å²) in [6.45, 7) is 49.1. The fourth-order valence-electron chi connectivity index (χ4n) is 22.5. The first-order valence-corrected chi connectivity index (χ1v) is 43.5. The number of nitrogens with one attached hydrogen (secondary N) is 2. The van der Waals surface area contributed by atoms with Gasteiger partial charge in [0.25, 0.3) is 0 Å². The lowest BCUT2D eigenvalue weighted by molar-refractivity contribution is -0.306. The van der Waals surface area contributed by atoms with Crippen molar-refractivity contribution >= 4 is 44.4 Å². The molecule has 6 heterocycles. The summed E-state index contributed by atoms with van der Waals surface area (Å²) < 4.78 is 114. The molecule has 24 atom stereocenters. The molecule has 4 bridgehead atoms. The Kier molecular flexibility index (Phi) is 25.4. The maximum absolute atomic E-state index is 16.1. The predicted octanol–water partition coefficient (Wildman–Crippen LogP) is 12.3. The number of likely N-dealkylation sites (N-methyl/N-ethyl adjacent to an activating group) is 1. The van der Waals surface area contributed by atoms with Crippen LogP contribution in [0, 0.1) is 57.0 Å². The Morgan fingerprint density at radius 2 is 1.05 bits per heavy atom. The minimum absolute atomic E-state index is 0.0342. The number of halogens is 2. The van der Waals surface area contributed by atoms with Crippen molar-refractivity contribution in [1.82, 2.24) is 25.5 Å². The van der Waals surface area contributed by atoms with E-state index < -0.39 is 226 Å². The molecule has 6 aliphatic carbocycles. The van der Waals surface area contributed by atoms with Crippen LogP contribution in [0.4, 0.5) is 18.4 Å². The Balaban J connectivity index is 0.000000233. The van der Waals surface area contributed by atoms with Crippen LogP contribution in [0.3, 0.4) is 0 Å². The van der Waals surface area contributed by atoms with Gasteiger partial charge in [0.05, 0.1) is 24.4 Å². The van der Waals surface area contributed by atoms with Gasteiger partial charge in [0.15, 0.2) is 36.0 Å². The molecule has 30 heteroatoms. The minimum Gasteiger partial charge on any atom is -0.456 e. The predicted molar refractivity (Wildman–Crippen MR) is 430 cm³/mol. The number of alkyl carbamates (subject to hydrolysis) is 2. The Bertz CT molecular complexity index is 4290. The van der Waals surface area contributed by atoms with Crippen LogP contribution in [0.25, 0.3) is 0 Å². The minimum atomic E-state index is -3.03. The van der Waals surface area contributed by atoms with Crippen LogP contribution in [-0.4, -0.2) is 216 Å². The van der Waals surface area contributed by atoms with Gasteiger partial charge in [-0.1, -0.05) is 128 Å². The van der Waals surface area contributed by atoms with Gasteiger partial charge in [-0.2, -0.15) is 0 Å². The number of fused-ring (bicyclic) bond motifs is 16. The van der Waals surface area contributed by atoms with E-state index >= 15 is 13.6 Å². The fraction of sp³-hybridized carbons (Fsp3) is 0.705. The van der Waals surface area contributed by atoms with Gasteiger partial charge >= 0.3 is 36.1 Å². The van der Waals surface area contributed by atoms with Crippen LogP contribution in [0.2, 0.25) is 16.6 Å². The van der Waals surface area contributed by atoms with Crippen LogP contribution in [0.15, 0.2) is 95.9 Å². The topological polar surface area (TPSA) is 336 Å². The summed E-state index contributed by atoms with van der Waals surface area (Å²) in [4.78, 5) is 92.1. The average Bonchev–Trinajstić information content (AvgIpc) is 1.10. The number of nitrogens with zero attached hydrogens (tertiary/aromatic N) is 3. The van der Waals surface area contributed by atoms with Gasteiger partial charge in [-0.25, -0.2) is 28.0 Å². The molecule has 654 valence electrons. The maximum atomic E-state index is 16.1. The van der Waals surface area contributed by atoms with Crippen LogP contribution in [0.5, 0.6) is 0 Å². The number of amides is 2. The molecule has 10 aliphatic rings. The van der Waals surface area contributed by atoms with Gasteiger partial charge in [0.2, 0.25) is 8.32 Å². The first-order chi connectivity index (χ1) is 54.6. The second-order valence-electron chi connectivity index (χ2n) is 38.9. The van der Waals surface area contributed by atoms with Crippen LogP contribution in [-0.2, 0) is 80.4 Å². The van der Waals surface area contributed by atoms with E-state index in [1.54, 1.807) is 54.5 Å². The largest absolute Gasteiger partial charge is 0.456 e. The molecule has 6 fully saturated rings. The van der Waals surface area contributed by atoms with Crippen LogP contribution >= 0.6 is 0 Å². The van der Waals surface area contributed by atoms with Crippen molar-refractivity contribution in [3.05, 3.63) is 119 Å². The molecule has 0 unspecified atom stereocenters. The molecule has 0 radical (unpaired) electrons. The number of ether oxygens (including phenoxy) is 12. The van der Waals surface area contributed by atoms with Crippen LogP contribution in [0.1, 0.15) is 202 Å². The van der Waals surface area contributed by atoms with E-state index in [-0.39, 0.29) is 48.4 Å². The molecule has 2 aromatic heterocycles. The van der Waals surface area contributed by atoms with E-state index in [1.807, 2.05) is 106 Å². The molecule has 118 heavy (non-hydrogen) atoms. The summed E-state index contributed by atoms with van der Waals surface area (Å²) in [5.74, 6) is -7.10. The van der Waals surface area contributed by atoms with Gasteiger partial charge in [-0.15, -0.1) is 0 Å². The van der Waals surface area contributed by atoms with E-state index in [0.29, 0.717) is 28.8 Å². The number of rotatable bonds is 20. The monoisotopic (exact) mass is 1670 g/mol. The second kappa shape index (κ2) is 32.7. The van der Waals surface area contributed by atoms with Crippen molar-refractivity contribution in [2.75, 3.05) is 33.9 Å².